The largest absolute Gasteiger partial charge is 0.476 e. The highest BCUT2D eigenvalue weighted by atomic mass is 31.2. The van der Waals surface area contributed by atoms with Gasteiger partial charge in [0.05, 0.1) is 16.8 Å². The van der Waals surface area contributed by atoms with Crippen LogP contribution in [0.5, 0.6) is 0 Å². The molecule has 500 valence electrons. The number of hydrogen-bond donors (Lipinski definition) is 0. The van der Waals surface area contributed by atoms with Gasteiger partial charge < -0.3 is 0 Å². The molecule has 0 radical (unpaired) electrons. The van der Waals surface area contributed by atoms with E-state index in [-0.39, 0.29) is 0 Å². The van der Waals surface area contributed by atoms with Crippen LogP contribution in [0, 0.1) is 0 Å². The summed E-state index contributed by atoms with van der Waals surface area (Å²) in [6.07, 6.45) is 84.7. The number of phosphoric acid groups is 1. The summed E-state index contributed by atoms with van der Waals surface area (Å²) in [6, 6.07) is 0. The second kappa shape index (κ2) is 62.3. The van der Waals surface area contributed by atoms with Gasteiger partial charge in [-0.05, 0) is 59.3 Å². The first kappa shape index (κ1) is 83.1. The first-order valence-electron chi connectivity index (χ1n) is 39.2. The van der Waals surface area contributed by atoms with Crippen LogP contribution < -0.4 is 0 Å². The van der Waals surface area contributed by atoms with Crippen molar-refractivity contribution in [3.63, 3.8) is 0 Å². The predicted molar refractivity (Wildman–Crippen MR) is 375 cm³/mol. The fraction of sp³-hybridized carbons (Fsp3) is 1.00. The zero-order valence-electron chi connectivity index (χ0n) is 59.2. The molecule has 0 spiro atoms. The van der Waals surface area contributed by atoms with Crippen LogP contribution in [0.15, 0.2) is 0 Å². The Morgan fingerprint density at radius 2 is 0.277 bits per heavy atom. The van der Waals surface area contributed by atoms with Crippen molar-refractivity contribution < 1.29 is 18.1 Å². The molecule has 0 amide bonds. The Morgan fingerprint density at radius 3 is 0.386 bits per heavy atom. The van der Waals surface area contributed by atoms with Gasteiger partial charge in [0.1, 0.15) is 0 Å². The highest BCUT2D eigenvalue weighted by molar-refractivity contribution is 7.48. The molecule has 0 aliphatic heterocycles. The molecule has 0 saturated heterocycles. The Kier molecular flexibility index (Phi) is 62.4. The van der Waals surface area contributed by atoms with Gasteiger partial charge in [-0.3, -0.25) is 13.6 Å². The molecule has 0 aromatic rings. The molecule has 0 rings (SSSR count). The predicted octanol–water partition coefficient (Wildman–Crippen LogP) is 30.3. The summed E-state index contributed by atoms with van der Waals surface area (Å²) >= 11 is 0. The first-order chi connectivity index (χ1) is 40.5. The van der Waals surface area contributed by atoms with Gasteiger partial charge in [-0.1, -0.05) is 427 Å². The third kappa shape index (κ3) is 57.0. The lowest BCUT2D eigenvalue weighted by atomic mass is 9.91. The van der Waals surface area contributed by atoms with E-state index in [0.717, 1.165) is 77.0 Å². The van der Waals surface area contributed by atoms with Gasteiger partial charge in [0, 0.05) is 0 Å². The van der Waals surface area contributed by atoms with E-state index in [0.29, 0.717) is 0 Å². The van der Waals surface area contributed by atoms with Crippen molar-refractivity contribution in [1.82, 2.24) is 0 Å². The molecule has 0 aromatic heterocycles. The van der Waals surface area contributed by atoms with Gasteiger partial charge in [0.2, 0.25) is 0 Å². The maximum absolute atomic E-state index is 16.7. The van der Waals surface area contributed by atoms with Gasteiger partial charge in [-0.2, -0.15) is 0 Å². The average molecular weight is 1190 g/mol. The normalized spacial score (nSPS) is 12.6. The van der Waals surface area contributed by atoms with E-state index in [1.165, 1.54) is 347 Å². The topological polar surface area (TPSA) is 44.8 Å². The SMILES string of the molecule is CCCCCCCCCCCCC(C)(CCCCCCCCCCCC)OP(=O)(OC(C)(CCCCCCCCCCCC)CCCCCCCCCCCC)OC(C)(CCCCCCCCCCCC)CCCCCCCCCCCC. The molecule has 83 heavy (non-hydrogen) atoms. The average Bonchev–Trinajstić information content (AvgIpc) is 3.56. The second-order valence-electron chi connectivity index (χ2n) is 28.7. The van der Waals surface area contributed by atoms with Gasteiger partial charge in [-0.25, -0.2) is 4.57 Å². The van der Waals surface area contributed by atoms with Crippen molar-refractivity contribution >= 4 is 7.82 Å². The summed E-state index contributed by atoms with van der Waals surface area (Å²) in [5.74, 6) is 0. The summed E-state index contributed by atoms with van der Waals surface area (Å²) in [5.41, 5.74) is -1.67. The van der Waals surface area contributed by atoms with Gasteiger partial charge >= 0.3 is 7.82 Å². The number of unbranched alkanes of at least 4 members (excludes halogenated alkanes) is 54. The fourth-order valence-corrected chi connectivity index (χ4v) is 15.7. The molecule has 0 heterocycles. The Balaban J connectivity index is 6.93. The molecule has 0 unspecified atom stereocenters. The maximum atomic E-state index is 16.7. The summed E-state index contributed by atoms with van der Waals surface area (Å²) in [5, 5.41) is 0. The van der Waals surface area contributed by atoms with Crippen LogP contribution in [0.1, 0.15) is 486 Å². The zero-order chi connectivity index (χ0) is 60.8. The van der Waals surface area contributed by atoms with Crippen LogP contribution in [-0.2, 0) is 18.1 Å². The third-order valence-electron chi connectivity index (χ3n) is 19.4. The van der Waals surface area contributed by atoms with Crippen molar-refractivity contribution in [2.45, 2.75) is 503 Å². The standard InChI is InChI=1S/C78H159O4P/c1-10-16-22-28-34-40-46-52-58-64-70-76(7,71-65-59-53-47-41-35-29-23-17-11-2)80-83(79,81-77(8,72-66-60-54-48-42-36-30-24-18-12-3)73-67-61-55-49-43-37-31-25-19-13-4)82-78(9,74-68-62-56-50-44-38-32-26-20-14-5)75-69-63-57-51-45-39-33-27-21-15-6/h10-75H2,1-9H3. The lowest BCUT2D eigenvalue weighted by Gasteiger charge is -2.42. The van der Waals surface area contributed by atoms with Crippen molar-refractivity contribution in [2.24, 2.45) is 0 Å². The summed E-state index contributed by atoms with van der Waals surface area (Å²) in [4.78, 5) is 0. The maximum Gasteiger partial charge on any atom is 0.476 e. The summed E-state index contributed by atoms with van der Waals surface area (Å²) in [7, 11) is -4.06. The van der Waals surface area contributed by atoms with Crippen molar-refractivity contribution in [3.8, 4) is 0 Å². The quantitative estimate of drug-likeness (QED) is 0.0450. The van der Waals surface area contributed by atoms with E-state index in [9.17, 15) is 0 Å². The Morgan fingerprint density at radius 1 is 0.181 bits per heavy atom. The van der Waals surface area contributed by atoms with Crippen molar-refractivity contribution in [2.75, 3.05) is 0 Å². The Hall–Kier alpha value is 0.110. The molecule has 5 heteroatoms. The van der Waals surface area contributed by atoms with Crippen LogP contribution in [0.3, 0.4) is 0 Å². The van der Waals surface area contributed by atoms with Gasteiger partial charge in [-0.15, -0.1) is 0 Å². The molecule has 4 nitrogen and oxygen atoms in total. The van der Waals surface area contributed by atoms with E-state index in [1.807, 2.05) is 0 Å². The minimum Gasteiger partial charge on any atom is -0.280 e. The Bertz CT molecular complexity index is 1080. The fourth-order valence-electron chi connectivity index (χ4n) is 13.4. The molecule has 0 aliphatic carbocycles. The smallest absolute Gasteiger partial charge is 0.280 e. The van der Waals surface area contributed by atoms with Crippen LogP contribution in [0.25, 0.3) is 0 Å². The number of rotatable bonds is 72. The Labute approximate surface area is 526 Å². The van der Waals surface area contributed by atoms with E-state index in [4.69, 9.17) is 13.6 Å². The van der Waals surface area contributed by atoms with E-state index in [1.54, 1.807) is 0 Å². The highest BCUT2D eigenvalue weighted by Crippen LogP contribution is 2.61. The van der Waals surface area contributed by atoms with Crippen LogP contribution in [0.4, 0.5) is 0 Å². The molecule has 0 aromatic carbocycles. The van der Waals surface area contributed by atoms with E-state index < -0.39 is 24.6 Å². The molecular formula is C78H159O4P. The molecule has 0 N–H and O–H groups in total. The van der Waals surface area contributed by atoms with Crippen molar-refractivity contribution in [1.29, 1.82) is 0 Å². The van der Waals surface area contributed by atoms with Crippen LogP contribution in [-0.4, -0.2) is 16.8 Å². The summed E-state index contributed by atoms with van der Waals surface area (Å²) < 4.78 is 39.2. The zero-order valence-corrected chi connectivity index (χ0v) is 60.1. The van der Waals surface area contributed by atoms with E-state index >= 15 is 4.57 Å². The number of hydrogen-bond acceptors (Lipinski definition) is 4. The first-order valence-corrected chi connectivity index (χ1v) is 40.7. The minimum atomic E-state index is -4.06. The lowest BCUT2D eigenvalue weighted by molar-refractivity contribution is -0.0699. The van der Waals surface area contributed by atoms with Gasteiger partial charge in [0.15, 0.2) is 0 Å². The lowest BCUT2D eigenvalue weighted by Crippen LogP contribution is -2.36. The highest BCUT2D eigenvalue weighted by Gasteiger charge is 2.47. The van der Waals surface area contributed by atoms with E-state index in [2.05, 4.69) is 62.3 Å². The third-order valence-corrected chi connectivity index (χ3v) is 21.3. The molecule has 0 aliphatic rings. The molecule has 0 fully saturated rings. The molecule has 0 saturated carbocycles. The minimum absolute atomic E-state index is 0.555. The monoisotopic (exact) mass is 1190 g/mol. The van der Waals surface area contributed by atoms with Crippen molar-refractivity contribution in [3.05, 3.63) is 0 Å². The molecule has 0 bridgehead atoms. The molecule has 0 atom stereocenters. The second-order valence-corrected chi connectivity index (χ2v) is 30.1. The number of phosphoric ester groups is 1. The summed E-state index contributed by atoms with van der Waals surface area (Å²) in [6.45, 7) is 20.9. The van der Waals surface area contributed by atoms with Gasteiger partial charge in [0.25, 0.3) is 0 Å². The molecular weight excluding hydrogens is 1030 g/mol. The van der Waals surface area contributed by atoms with Crippen LogP contribution >= 0.6 is 7.82 Å². The van der Waals surface area contributed by atoms with Crippen LogP contribution in [0.2, 0.25) is 0 Å².